The Bertz CT molecular complexity index is 383. The summed E-state index contributed by atoms with van der Waals surface area (Å²) in [4.78, 5) is 0. The second-order valence-electron chi connectivity index (χ2n) is 5.63. The largest absolute Gasteiger partial charge is 0.496 e. The van der Waals surface area contributed by atoms with Crippen LogP contribution in [0.15, 0.2) is 18.2 Å². The van der Waals surface area contributed by atoms with Gasteiger partial charge in [-0.3, -0.25) is 0 Å². The standard InChI is InChI=1S/C15H26N2O/c1-15(2,3)12-10-11(6-7-14(12)18-5)13(17-4)8-9-16/h6-7,10,13,17H,8-9,16H2,1-5H3. The third-order valence-corrected chi connectivity index (χ3v) is 3.24. The van der Waals surface area contributed by atoms with Crippen molar-refractivity contribution in [2.75, 3.05) is 20.7 Å². The fourth-order valence-corrected chi connectivity index (χ4v) is 2.17. The van der Waals surface area contributed by atoms with E-state index in [9.17, 15) is 0 Å². The molecule has 0 aliphatic rings. The number of nitrogens with one attached hydrogen (secondary N) is 1. The Kier molecular flexibility index (Phi) is 5.17. The second kappa shape index (κ2) is 6.21. The summed E-state index contributed by atoms with van der Waals surface area (Å²) in [5, 5.41) is 3.31. The average molecular weight is 250 g/mol. The Morgan fingerprint density at radius 1 is 1.33 bits per heavy atom. The molecule has 1 atom stereocenters. The highest BCUT2D eigenvalue weighted by Gasteiger charge is 2.20. The van der Waals surface area contributed by atoms with Gasteiger partial charge in [-0.1, -0.05) is 32.9 Å². The molecular formula is C15H26N2O. The SMILES string of the molecule is CNC(CCN)c1ccc(OC)c(C(C)(C)C)c1. The zero-order valence-electron chi connectivity index (χ0n) is 12.2. The van der Waals surface area contributed by atoms with Crippen LogP contribution in [0.5, 0.6) is 5.75 Å². The highest BCUT2D eigenvalue weighted by molar-refractivity contribution is 5.42. The summed E-state index contributed by atoms with van der Waals surface area (Å²) < 4.78 is 5.46. The van der Waals surface area contributed by atoms with Crippen molar-refractivity contribution in [1.29, 1.82) is 0 Å². The lowest BCUT2D eigenvalue weighted by Gasteiger charge is -2.25. The Morgan fingerprint density at radius 2 is 2.00 bits per heavy atom. The first-order chi connectivity index (χ1) is 8.43. The van der Waals surface area contributed by atoms with E-state index in [0.717, 1.165) is 12.2 Å². The number of methoxy groups -OCH3 is 1. The van der Waals surface area contributed by atoms with Gasteiger partial charge >= 0.3 is 0 Å². The average Bonchev–Trinajstić information content (AvgIpc) is 2.34. The van der Waals surface area contributed by atoms with E-state index in [2.05, 4.69) is 44.3 Å². The van der Waals surface area contributed by atoms with E-state index >= 15 is 0 Å². The van der Waals surface area contributed by atoms with Crippen molar-refractivity contribution in [2.45, 2.75) is 38.6 Å². The first-order valence-electron chi connectivity index (χ1n) is 6.49. The molecule has 3 N–H and O–H groups in total. The van der Waals surface area contributed by atoms with Crippen molar-refractivity contribution in [1.82, 2.24) is 5.32 Å². The molecule has 3 heteroatoms. The monoisotopic (exact) mass is 250 g/mol. The molecule has 1 rings (SSSR count). The molecule has 0 saturated heterocycles. The molecule has 1 aromatic rings. The maximum atomic E-state index is 5.66. The molecule has 0 aliphatic heterocycles. The van der Waals surface area contributed by atoms with Crippen molar-refractivity contribution < 1.29 is 4.74 Å². The first-order valence-corrected chi connectivity index (χ1v) is 6.49. The Hall–Kier alpha value is -1.06. The molecule has 0 amide bonds. The van der Waals surface area contributed by atoms with Gasteiger partial charge in [0.25, 0.3) is 0 Å². The summed E-state index contributed by atoms with van der Waals surface area (Å²) in [7, 11) is 3.70. The van der Waals surface area contributed by atoms with Gasteiger partial charge in [0.05, 0.1) is 7.11 Å². The number of hydrogen-bond donors (Lipinski definition) is 2. The molecule has 0 aromatic heterocycles. The second-order valence-corrected chi connectivity index (χ2v) is 5.63. The number of ether oxygens (including phenoxy) is 1. The predicted octanol–water partition coefficient (Wildman–Crippen LogP) is 2.60. The van der Waals surface area contributed by atoms with Gasteiger partial charge in [0.2, 0.25) is 0 Å². The van der Waals surface area contributed by atoms with Crippen molar-refractivity contribution in [3.05, 3.63) is 29.3 Å². The summed E-state index contributed by atoms with van der Waals surface area (Å²) in [6.07, 6.45) is 0.937. The Morgan fingerprint density at radius 3 is 2.44 bits per heavy atom. The van der Waals surface area contributed by atoms with E-state index in [-0.39, 0.29) is 5.41 Å². The van der Waals surface area contributed by atoms with Crippen LogP contribution < -0.4 is 15.8 Å². The molecule has 1 unspecified atom stereocenters. The van der Waals surface area contributed by atoms with E-state index in [1.165, 1.54) is 11.1 Å². The smallest absolute Gasteiger partial charge is 0.122 e. The molecule has 0 aliphatic carbocycles. The number of rotatable bonds is 5. The van der Waals surface area contributed by atoms with Crippen LogP contribution in [0.1, 0.15) is 44.4 Å². The molecule has 0 radical (unpaired) electrons. The van der Waals surface area contributed by atoms with Gasteiger partial charge < -0.3 is 15.8 Å². The number of nitrogens with two attached hydrogens (primary N) is 1. The van der Waals surface area contributed by atoms with Crippen molar-refractivity contribution in [3.8, 4) is 5.75 Å². The molecule has 0 fully saturated rings. The highest BCUT2D eigenvalue weighted by Crippen LogP contribution is 2.33. The Balaban J connectivity index is 3.17. The van der Waals surface area contributed by atoms with Crippen molar-refractivity contribution in [3.63, 3.8) is 0 Å². The van der Waals surface area contributed by atoms with Gasteiger partial charge in [-0.15, -0.1) is 0 Å². The van der Waals surface area contributed by atoms with Crippen LogP contribution in [0.4, 0.5) is 0 Å². The van der Waals surface area contributed by atoms with Crippen molar-refractivity contribution in [2.24, 2.45) is 5.73 Å². The summed E-state index contributed by atoms with van der Waals surface area (Å²) in [6, 6.07) is 6.71. The molecule has 0 heterocycles. The maximum absolute atomic E-state index is 5.66. The number of benzene rings is 1. The van der Waals surface area contributed by atoms with Crippen molar-refractivity contribution >= 4 is 0 Å². The van der Waals surface area contributed by atoms with E-state index in [4.69, 9.17) is 10.5 Å². The lowest BCUT2D eigenvalue weighted by Crippen LogP contribution is -2.21. The molecule has 0 bridgehead atoms. The predicted molar refractivity (Wildman–Crippen MR) is 77.2 cm³/mol. The summed E-state index contributed by atoms with van der Waals surface area (Å²) >= 11 is 0. The topological polar surface area (TPSA) is 47.3 Å². The molecular weight excluding hydrogens is 224 g/mol. The van der Waals surface area contributed by atoms with Crippen LogP contribution in [0.3, 0.4) is 0 Å². The number of hydrogen-bond acceptors (Lipinski definition) is 3. The van der Waals surface area contributed by atoms with Gasteiger partial charge in [-0.25, -0.2) is 0 Å². The van der Waals surface area contributed by atoms with E-state index < -0.39 is 0 Å². The zero-order valence-corrected chi connectivity index (χ0v) is 12.2. The normalized spacial score (nSPS) is 13.4. The van der Waals surface area contributed by atoms with Crippen LogP contribution in [-0.2, 0) is 5.41 Å². The quantitative estimate of drug-likeness (QED) is 0.844. The van der Waals surface area contributed by atoms with E-state index in [1.54, 1.807) is 7.11 Å². The minimum Gasteiger partial charge on any atom is -0.496 e. The third-order valence-electron chi connectivity index (χ3n) is 3.24. The molecule has 1 aromatic carbocycles. The highest BCUT2D eigenvalue weighted by atomic mass is 16.5. The van der Waals surface area contributed by atoms with Crippen LogP contribution >= 0.6 is 0 Å². The minimum absolute atomic E-state index is 0.0718. The molecule has 3 nitrogen and oxygen atoms in total. The maximum Gasteiger partial charge on any atom is 0.122 e. The van der Waals surface area contributed by atoms with Crippen LogP contribution in [0.2, 0.25) is 0 Å². The van der Waals surface area contributed by atoms with Gasteiger partial charge in [0.1, 0.15) is 5.75 Å². The zero-order chi connectivity index (χ0) is 13.8. The molecule has 18 heavy (non-hydrogen) atoms. The molecule has 102 valence electrons. The fourth-order valence-electron chi connectivity index (χ4n) is 2.17. The lowest BCUT2D eigenvalue weighted by atomic mass is 9.84. The van der Waals surface area contributed by atoms with Gasteiger partial charge in [-0.2, -0.15) is 0 Å². The summed E-state index contributed by atoms with van der Waals surface area (Å²) in [6.45, 7) is 7.28. The molecule has 0 spiro atoms. The summed E-state index contributed by atoms with van der Waals surface area (Å²) in [5.41, 5.74) is 8.24. The molecule has 0 saturated carbocycles. The van der Waals surface area contributed by atoms with Gasteiger partial charge in [0.15, 0.2) is 0 Å². The van der Waals surface area contributed by atoms with Crippen LogP contribution in [0, 0.1) is 0 Å². The third kappa shape index (κ3) is 3.47. The van der Waals surface area contributed by atoms with Gasteiger partial charge in [-0.05, 0) is 42.6 Å². The van der Waals surface area contributed by atoms with Gasteiger partial charge in [0, 0.05) is 6.04 Å². The first kappa shape index (κ1) is 15.0. The van der Waals surface area contributed by atoms with E-state index in [1.807, 2.05) is 7.05 Å². The Labute approximate surface area is 111 Å². The minimum atomic E-state index is 0.0718. The summed E-state index contributed by atoms with van der Waals surface area (Å²) in [5.74, 6) is 0.953. The lowest BCUT2D eigenvalue weighted by molar-refractivity contribution is 0.396. The fraction of sp³-hybridized carbons (Fsp3) is 0.600. The van der Waals surface area contributed by atoms with Crippen LogP contribution in [-0.4, -0.2) is 20.7 Å². The van der Waals surface area contributed by atoms with Crippen LogP contribution in [0.25, 0.3) is 0 Å². The van der Waals surface area contributed by atoms with E-state index in [0.29, 0.717) is 12.6 Å².